The molecule has 1 aromatic carbocycles. The third-order valence-corrected chi connectivity index (χ3v) is 4.79. The number of rotatable bonds is 4. The Morgan fingerprint density at radius 2 is 1.79 bits per heavy atom. The van der Waals surface area contributed by atoms with E-state index >= 15 is 0 Å². The zero-order valence-corrected chi connectivity index (χ0v) is 14.8. The first-order valence-corrected chi connectivity index (χ1v) is 8.77. The minimum atomic E-state index is -0.503. The van der Waals surface area contributed by atoms with Crippen LogP contribution in [-0.2, 0) is 9.47 Å². The Labute approximate surface area is 148 Å². The van der Waals surface area contributed by atoms with Crippen LogP contribution >= 0.6 is 11.6 Å². The van der Waals surface area contributed by atoms with Crippen molar-refractivity contribution in [3.05, 3.63) is 29.3 Å². The maximum Gasteiger partial charge on any atom is 0.191 e. The second-order valence-electron chi connectivity index (χ2n) is 6.27. The number of benzene rings is 1. The Balaban J connectivity index is 1.46. The molecule has 0 atom stereocenters. The number of piperazine rings is 1. The van der Waals surface area contributed by atoms with Crippen LogP contribution in [-0.4, -0.2) is 62.6 Å². The number of anilines is 1. The van der Waals surface area contributed by atoms with Crippen molar-refractivity contribution in [1.29, 1.82) is 0 Å². The summed E-state index contributed by atoms with van der Waals surface area (Å²) >= 11 is 5.94. The van der Waals surface area contributed by atoms with E-state index in [9.17, 15) is 0 Å². The molecule has 0 aliphatic carbocycles. The molecule has 0 spiro atoms. The highest BCUT2D eigenvalue weighted by Gasteiger charge is 2.30. The maximum atomic E-state index is 6.14. The first kappa shape index (κ1) is 17.3. The van der Waals surface area contributed by atoms with Crippen molar-refractivity contribution in [2.45, 2.75) is 19.1 Å². The largest absolute Gasteiger partial charge is 0.370 e. The van der Waals surface area contributed by atoms with Crippen LogP contribution in [0.4, 0.5) is 5.69 Å². The van der Waals surface area contributed by atoms with Gasteiger partial charge in [-0.05, 0) is 31.2 Å². The lowest BCUT2D eigenvalue weighted by atomic mass is 10.2. The van der Waals surface area contributed by atoms with Crippen LogP contribution in [0.2, 0.25) is 5.02 Å². The van der Waals surface area contributed by atoms with Crippen molar-refractivity contribution in [2.24, 2.45) is 10.7 Å². The molecule has 24 heavy (non-hydrogen) atoms. The monoisotopic (exact) mass is 352 g/mol. The normalized spacial score (nSPS) is 21.3. The Morgan fingerprint density at radius 3 is 2.42 bits per heavy atom. The summed E-state index contributed by atoms with van der Waals surface area (Å²) < 4.78 is 11.2. The van der Waals surface area contributed by atoms with Crippen LogP contribution in [0.15, 0.2) is 29.3 Å². The topological polar surface area (TPSA) is 63.3 Å². The smallest absolute Gasteiger partial charge is 0.191 e. The predicted octanol–water partition coefficient (Wildman–Crippen LogP) is 1.93. The van der Waals surface area contributed by atoms with Gasteiger partial charge in [0, 0.05) is 49.9 Å². The van der Waals surface area contributed by atoms with Crippen molar-refractivity contribution in [3.8, 4) is 0 Å². The molecule has 3 rings (SSSR count). The summed E-state index contributed by atoms with van der Waals surface area (Å²) in [6.07, 6.45) is 0.721. The van der Waals surface area contributed by atoms with Gasteiger partial charge in [0.25, 0.3) is 0 Å². The van der Waals surface area contributed by atoms with E-state index in [2.05, 4.69) is 26.9 Å². The Bertz CT molecular complexity index is 564. The van der Waals surface area contributed by atoms with Crippen molar-refractivity contribution in [2.75, 3.05) is 50.8 Å². The Kier molecular flexibility index (Phi) is 5.48. The molecule has 0 unspecified atom stereocenters. The van der Waals surface area contributed by atoms with Gasteiger partial charge in [-0.2, -0.15) is 0 Å². The fraction of sp³-hybridized carbons (Fsp3) is 0.588. The van der Waals surface area contributed by atoms with Crippen molar-refractivity contribution >= 4 is 23.2 Å². The zero-order chi connectivity index (χ0) is 17.0. The highest BCUT2D eigenvalue weighted by molar-refractivity contribution is 6.30. The van der Waals surface area contributed by atoms with Crippen LogP contribution < -0.4 is 10.6 Å². The molecular formula is C17H25ClN4O2. The molecule has 1 aromatic rings. The average Bonchev–Trinajstić information content (AvgIpc) is 3.02. The van der Waals surface area contributed by atoms with Crippen LogP contribution in [0.25, 0.3) is 0 Å². The summed E-state index contributed by atoms with van der Waals surface area (Å²) in [5.74, 6) is 0.101. The third kappa shape index (κ3) is 4.32. The third-order valence-electron chi connectivity index (χ3n) is 4.53. The van der Waals surface area contributed by atoms with Gasteiger partial charge in [0.15, 0.2) is 11.7 Å². The summed E-state index contributed by atoms with van der Waals surface area (Å²) in [5, 5.41) is 0.762. The summed E-state index contributed by atoms with van der Waals surface area (Å²) in [6.45, 7) is 7.44. The quantitative estimate of drug-likeness (QED) is 0.662. The lowest BCUT2D eigenvalue weighted by molar-refractivity contribution is -0.144. The molecule has 2 aliphatic rings. The maximum absolute atomic E-state index is 6.14. The fourth-order valence-corrected chi connectivity index (χ4v) is 3.15. The number of ether oxygens (including phenoxy) is 2. The highest BCUT2D eigenvalue weighted by atomic mass is 35.5. The highest BCUT2D eigenvalue weighted by Crippen LogP contribution is 2.22. The molecule has 0 bridgehead atoms. The summed E-state index contributed by atoms with van der Waals surface area (Å²) in [7, 11) is 0. The van der Waals surface area contributed by atoms with E-state index in [1.165, 1.54) is 5.69 Å². The van der Waals surface area contributed by atoms with Crippen molar-refractivity contribution in [1.82, 2.24) is 4.90 Å². The number of nitrogens with two attached hydrogens (primary N) is 1. The van der Waals surface area contributed by atoms with E-state index in [0.29, 0.717) is 25.7 Å². The Morgan fingerprint density at radius 1 is 1.17 bits per heavy atom. The van der Waals surface area contributed by atoms with Crippen molar-refractivity contribution in [3.63, 3.8) is 0 Å². The molecule has 0 aromatic heterocycles. The molecule has 7 heteroatoms. The second-order valence-corrected chi connectivity index (χ2v) is 6.71. The number of hydrogen-bond donors (Lipinski definition) is 1. The first-order valence-electron chi connectivity index (χ1n) is 8.39. The van der Waals surface area contributed by atoms with Crippen molar-refractivity contribution < 1.29 is 9.47 Å². The van der Waals surface area contributed by atoms with Gasteiger partial charge < -0.3 is 25.0 Å². The molecule has 6 nitrogen and oxygen atoms in total. The molecule has 2 saturated heterocycles. The minimum absolute atomic E-state index is 0.503. The standard InChI is InChI=1S/C17H25ClN4O2/c1-17(23-12-13-24-17)6-7-20-16(19)22-10-8-21(9-11-22)15-4-2-14(18)3-5-15/h2-5H,6-13H2,1H3,(H2,19,20). The summed E-state index contributed by atoms with van der Waals surface area (Å²) in [6, 6.07) is 7.95. The predicted molar refractivity (Wildman–Crippen MR) is 96.7 cm³/mol. The summed E-state index contributed by atoms with van der Waals surface area (Å²) in [4.78, 5) is 8.96. The number of halogens is 1. The van der Waals surface area contributed by atoms with E-state index in [1.807, 2.05) is 19.1 Å². The molecular weight excluding hydrogens is 328 g/mol. The number of aliphatic imine (C=N–C) groups is 1. The zero-order valence-electron chi connectivity index (χ0n) is 14.1. The number of guanidine groups is 1. The second kappa shape index (κ2) is 7.59. The van der Waals surface area contributed by atoms with Crippen LogP contribution in [0, 0.1) is 0 Å². The van der Waals surface area contributed by atoms with E-state index in [4.69, 9.17) is 26.8 Å². The molecule has 2 fully saturated rings. The van der Waals surface area contributed by atoms with E-state index in [0.717, 1.165) is 37.6 Å². The molecule has 0 saturated carbocycles. The number of nitrogens with zero attached hydrogens (tertiary/aromatic N) is 3. The van der Waals surface area contributed by atoms with E-state index in [-0.39, 0.29) is 0 Å². The van der Waals surface area contributed by atoms with Gasteiger partial charge in [-0.15, -0.1) is 0 Å². The molecule has 0 amide bonds. The lowest BCUT2D eigenvalue weighted by Gasteiger charge is -2.36. The van der Waals surface area contributed by atoms with Gasteiger partial charge in [-0.1, -0.05) is 11.6 Å². The molecule has 2 aliphatic heterocycles. The van der Waals surface area contributed by atoms with Gasteiger partial charge in [0.2, 0.25) is 0 Å². The molecule has 132 valence electrons. The molecule has 2 heterocycles. The van der Waals surface area contributed by atoms with Gasteiger partial charge in [0.1, 0.15) is 0 Å². The van der Waals surface area contributed by atoms with Gasteiger partial charge >= 0.3 is 0 Å². The molecule has 0 radical (unpaired) electrons. The van der Waals surface area contributed by atoms with Gasteiger partial charge in [0.05, 0.1) is 13.2 Å². The van der Waals surface area contributed by atoms with Crippen LogP contribution in [0.3, 0.4) is 0 Å². The fourth-order valence-electron chi connectivity index (χ4n) is 3.02. The van der Waals surface area contributed by atoms with E-state index in [1.54, 1.807) is 0 Å². The first-order chi connectivity index (χ1) is 11.6. The van der Waals surface area contributed by atoms with Gasteiger partial charge in [-0.25, -0.2) is 0 Å². The van der Waals surface area contributed by atoms with E-state index < -0.39 is 5.79 Å². The van der Waals surface area contributed by atoms with Crippen LogP contribution in [0.1, 0.15) is 13.3 Å². The van der Waals surface area contributed by atoms with Crippen LogP contribution in [0.5, 0.6) is 0 Å². The minimum Gasteiger partial charge on any atom is -0.370 e. The SMILES string of the molecule is CC1(CCN=C(N)N2CCN(c3ccc(Cl)cc3)CC2)OCCO1. The molecule has 2 N–H and O–H groups in total. The lowest BCUT2D eigenvalue weighted by Crippen LogP contribution is -2.51. The van der Waals surface area contributed by atoms with Gasteiger partial charge in [-0.3, -0.25) is 4.99 Å². The average molecular weight is 353 g/mol. The number of hydrogen-bond acceptors (Lipinski definition) is 4. The Hall–Kier alpha value is -1.50. The summed E-state index contributed by atoms with van der Waals surface area (Å²) in [5.41, 5.74) is 7.33.